The van der Waals surface area contributed by atoms with E-state index in [0.29, 0.717) is 24.6 Å². The van der Waals surface area contributed by atoms with Gasteiger partial charge in [0.05, 0.1) is 17.2 Å². The summed E-state index contributed by atoms with van der Waals surface area (Å²) in [6, 6.07) is 31.2. The van der Waals surface area contributed by atoms with Crippen molar-refractivity contribution in [3.63, 3.8) is 0 Å². The molecule has 0 saturated heterocycles. The van der Waals surface area contributed by atoms with Crippen LogP contribution < -0.4 is 14.4 Å². The first-order valence-corrected chi connectivity index (χ1v) is 16.6. The molecule has 0 radical (unpaired) electrons. The topological polar surface area (TPSA) is 96.0 Å². The van der Waals surface area contributed by atoms with Crippen molar-refractivity contribution in [2.24, 2.45) is 0 Å². The van der Waals surface area contributed by atoms with Gasteiger partial charge in [-0.3, -0.25) is 13.9 Å². The Morgan fingerprint density at radius 1 is 0.800 bits per heavy atom. The van der Waals surface area contributed by atoms with E-state index in [1.807, 2.05) is 81.4 Å². The van der Waals surface area contributed by atoms with Crippen LogP contribution in [0.1, 0.15) is 37.0 Å². The van der Waals surface area contributed by atoms with Gasteiger partial charge in [0, 0.05) is 19.5 Å². The predicted molar refractivity (Wildman–Crippen MR) is 178 cm³/mol. The summed E-state index contributed by atoms with van der Waals surface area (Å²) in [4.78, 5) is 29.7. The monoisotopic (exact) mass is 627 g/mol. The second-order valence-electron chi connectivity index (χ2n) is 10.8. The van der Waals surface area contributed by atoms with Crippen molar-refractivity contribution in [2.45, 2.75) is 51.1 Å². The summed E-state index contributed by atoms with van der Waals surface area (Å²) in [6.45, 7) is 6.25. The number of anilines is 1. The van der Waals surface area contributed by atoms with E-state index in [9.17, 15) is 18.0 Å². The highest BCUT2D eigenvalue weighted by Crippen LogP contribution is 2.27. The van der Waals surface area contributed by atoms with E-state index in [-0.39, 0.29) is 23.8 Å². The highest BCUT2D eigenvalue weighted by Gasteiger charge is 2.34. The van der Waals surface area contributed by atoms with Crippen molar-refractivity contribution >= 4 is 27.5 Å². The molecule has 0 bridgehead atoms. The van der Waals surface area contributed by atoms with E-state index in [2.05, 4.69) is 5.32 Å². The van der Waals surface area contributed by atoms with Crippen LogP contribution in [0.3, 0.4) is 0 Å². The fourth-order valence-corrected chi connectivity index (χ4v) is 6.36. The van der Waals surface area contributed by atoms with E-state index >= 15 is 0 Å². The van der Waals surface area contributed by atoms with Crippen molar-refractivity contribution in [2.75, 3.05) is 24.0 Å². The zero-order chi connectivity index (χ0) is 32.2. The molecule has 0 aliphatic rings. The van der Waals surface area contributed by atoms with Gasteiger partial charge in [-0.25, -0.2) is 8.42 Å². The second kappa shape index (κ2) is 15.9. The Kier molecular flexibility index (Phi) is 11.8. The summed E-state index contributed by atoms with van der Waals surface area (Å²) in [5.74, 6) is -0.243. The zero-order valence-corrected chi connectivity index (χ0v) is 26.9. The van der Waals surface area contributed by atoms with Gasteiger partial charge in [-0.15, -0.1) is 0 Å². The molecule has 1 unspecified atom stereocenters. The standard InChI is InChI=1S/C36H41N3O5S/c1-4-24-37-36(41)34(25-29-12-8-6-9-13-29)38(26-30-14-10-7-11-15-30)35(40)27-39(31-18-16-28(3)17-19-31)45(42,43)33-22-20-32(21-23-33)44-5-2/h6-23,34H,4-5,24-27H2,1-3H3,(H,37,41). The highest BCUT2D eigenvalue weighted by atomic mass is 32.2. The van der Waals surface area contributed by atoms with Crippen molar-refractivity contribution in [1.82, 2.24) is 10.2 Å². The summed E-state index contributed by atoms with van der Waals surface area (Å²) in [5, 5.41) is 2.96. The summed E-state index contributed by atoms with van der Waals surface area (Å²) >= 11 is 0. The number of benzene rings is 4. The maximum atomic E-state index is 14.4. The third-order valence-corrected chi connectivity index (χ3v) is 9.13. The average molecular weight is 628 g/mol. The number of hydrogen-bond acceptors (Lipinski definition) is 5. The van der Waals surface area contributed by atoms with Crippen LogP contribution in [-0.4, -0.2) is 50.9 Å². The number of nitrogens with one attached hydrogen (secondary N) is 1. The number of carbonyl (C=O) groups excluding carboxylic acids is 2. The molecule has 0 aliphatic carbocycles. The van der Waals surface area contributed by atoms with Crippen LogP contribution in [0.25, 0.3) is 0 Å². The molecule has 9 heteroatoms. The first-order valence-electron chi connectivity index (χ1n) is 15.2. The first kappa shape index (κ1) is 33.3. The minimum Gasteiger partial charge on any atom is -0.494 e. The Labute approximate surface area is 266 Å². The fourth-order valence-electron chi connectivity index (χ4n) is 4.94. The molecule has 0 spiro atoms. The van der Waals surface area contributed by atoms with Crippen molar-refractivity contribution < 1.29 is 22.7 Å². The van der Waals surface area contributed by atoms with Crippen molar-refractivity contribution in [3.8, 4) is 5.75 Å². The largest absolute Gasteiger partial charge is 0.494 e. The number of carbonyl (C=O) groups is 2. The predicted octanol–water partition coefficient (Wildman–Crippen LogP) is 5.76. The van der Waals surface area contributed by atoms with Gasteiger partial charge in [0.2, 0.25) is 11.8 Å². The average Bonchev–Trinajstić information content (AvgIpc) is 3.06. The summed E-state index contributed by atoms with van der Waals surface area (Å²) in [5.41, 5.74) is 3.00. The number of amides is 2. The van der Waals surface area contributed by atoms with Crippen LogP contribution >= 0.6 is 0 Å². The van der Waals surface area contributed by atoms with Crippen LogP contribution in [0.5, 0.6) is 5.75 Å². The molecule has 2 amide bonds. The SMILES string of the molecule is CCCNC(=O)C(Cc1ccccc1)N(Cc1ccccc1)C(=O)CN(c1ccc(C)cc1)S(=O)(=O)c1ccc(OCC)cc1. The number of hydrogen-bond donors (Lipinski definition) is 1. The minimum absolute atomic E-state index is 0.0236. The lowest BCUT2D eigenvalue weighted by Gasteiger charge is -2.34. The van der Waals surface area contributed by atoms with Gasteiger partial charge in [0.15, 0.2) is 0 Å². The van der Waals surface area contributed by atoms with Crippen LogP contribution in [0, 0.1) is 6.92 Å². The van der Waals surface area contributed by atoms with Gasteiger partial charge in [-0.1, -0.05) is 85.3 Å². The Morgan fingerprint density at radius 2 is 1.40 bits per heavy atom. The van der Waals surface area contributed by atoms with Crippen LogP contribution in [0.15, 0.2) is 114 Å². The maximum absolute atomic E-state index is 14.4. The van der Waals surface area contributed by atoms with E-state index in [1.54, 1.807) is 36.4 Å². The Morgan fingerprint density at radius 3 is 1.98 bits per heavy atom. The summed E-state index contributed by atoms with van der Waals surface area (Å²) < 4.78 is 35.0. The van der Waals surface area contributed by atoms with Crippen LogP contribution in [0.2, 0.25) is 0 Å². The van der Waals surface area contributed by atoms with Gasteiger partial charge >= 0.3 is 0 Å². The molecule has 0 saturated carbocycles. The zero-order valence-electron chi connectivity index (χ0n) is 26.1. The highest BCUT2D eigenvalue weighted by molar-refractivity contribution is 7.92. The Balaban J connectivity index is 1.76. The lowest BCUT2D eigenvalue weighted by molar-refractivity contribution is -0.140. The molecule has 236 valence electrons. The number of sulfonamides is 1. The van der Waals surface area contributed by atoms with E-state index in [1.165, 1.54) is 17.0 Å². The van der Waals surface area contributed by atoms with E-state index in [4.69, 9.17) is 4.74 Å². The number of ether oxygens (including phenoxy) is 1. The minimum atomic E-state index is -4.19. The van der Waals surface area contributed by atoms with Gasteiger partial charge in [0.1, 0.15) is 18.3 Å². The molecule has 0 aliphatic heterocycles. The second-order valence-corrected chi connectivity index (χ2v) is 12.6. The van der Waals surface area contributed by atoms with Gasteiger partial charge in [-0.05, 0) is 67.8 Å². The summed E-state index contributed by atoms with van der Waals surface area (Å²) in [6.07, 6.45) is 1.00. The number of rotatable bonds is 15. The van der Waals surface area contributed by atoms with Crippen LogP contribution in [-0.2, 0) is 32.6 Å². The molecule has 4 aromatic rings. The molecule has 0 aromatic heterocycles. The lowest BCUT2D eigenvalue weighted by Crippen LogP contribution is -2.53. The molecule has 45 heavy (non-hydrogen) atoms. The Bertz CT molecular complexity index is 1630. The van der Waals surface area contributed by atoms with E-state index < -0.39 is 28.5 Å². The molecule has 4 rings (SSSR count). The molecular formula is C36H41N3O5S. The quantitative estimate of drug-likeness (QED) is 0.181. The smallest absolute Gasteiger partial charge is 0.264 e. The van der Waals surface area contributed by atoms with Gasteiger partial charge in [-0.2, -0.15) is 0 Å². The third-order valence-electron chi connectivity index (χ3n) is 7.34. The number of aryl methyl sites for hydroxylation is 1. The maximum Gasteiger partial charge on any atom is 0.264 e. The molecule has 1 N–H and O–H groups in total. The summed E-state index contributed by atoms with van der Waals surface area (Å²) in [7, 11) is -4.19. The fraction of sp³-hybridized carbons (Fsp3) is 0.278. The molecule has 1 atom stereocenters. The molecule has 0 fully saturated rings. The lowest BCUT2D eigenvalue weighted by atomic mass is 10.0. The van der Waals surface area contributed by atoms with Gasteiger partial charge < -0.3 is 15.0 Å². The van der Waals surface area contributed by atoms with Gasteiger partial charge in [0.25, 0.3) is 10.0 Å². The van der Waals surface area contributed by atoms with Crippen molar-refractivity contribution in [1.29, 1.82) is 0 Å². The molecule has 4 aromatic carbocycles. The normalized spacial score (nSPS) is 11.8. The molecular weight excluding hydrogens is 586 g/mol. The molecule has 0 heterocycles. The van der Waals surface area contributed by atoms with Crippen LogP contribution in [0.4, 0.5) is 5.69 Å². The first-order chi connectivity index (χ1) is 21.7. The number of nitrogens with zero attached hydrogens (tertiary/aromatic N) is 2. The van der Waals surface area contributed by atoms with Crippen molar-refractivity contribution in [3.05, 3.63) is 126 Å². The Hall–Kier alpha value is -4.63. The third kappa shape index (κ3) is 8.95. The molecule has 8 nitrogen and oxygen atoms in total. The van der Waals surface area contributed by atoms with E-state index in [0.717, 1.165) is 27.4 Å².